The van der Waals surface area contributed by atoms with Gasteiger partial charge in [0.1, 0.15) is 5.75 Å². The van der Waals surface area contributed by atoms with E-state index < -0.39 is 41.8 Å². The fraction of sp³-hybridized carbons (Fsp3) is 0.429. The summed E-state index contributed by atoms with van der Waals surface area (Å²) in [6.45, 7) is 2.55. The molecule has 0 saturated heterocycles. The van der Waals surface area contributed by atoms with E-state index >= 15 is 0 Å². The molecule has 1 heterocycles. The van der Waals surface area contributed by atoms with E-state index in [0.29, 0.717) is 0 Å². The molecule has 6 nitrogen and oxygen atoms in total. The minimum absolute atomic E-state index is 0.206. The fourth-order valence-electron chi connectivity index (χ4n) is 2.33. The number of phenols is 1. The summed E-state index contributed by atoms with van der Waals surface area (Å²) in [5, 5.41) is 23.2. The Morgan fingerprint density at radius 1 is 1.28 bits per heavy atom. The standard InChI is InChI=1S/C14H13F5N2O4/c1-7-4-3-5-9(10(7)22)11(23)21-12(24,6-8(2)20-21)13(15,16)25-14(17,18)19/h3-5,22,24H,6H2,1-2H3. The number of aryl methyl sites for hydroxylation is 1. The Morgan fingerprint density at radius 2 is 1.88 bits per heavy atom. The van der Waals surface area contributed by atoms with Gasteiger partial charge in [0.05, 0.1) is 5.56 Å². The molecular formula is C14H13F5N2O4. The molecule has 138 valence electrons. The lowest BCUT2D eigenvalue weighted by molar-refractivity contribution is -0.468. The number of aromatic hydroxyl groups is 1. The predicted molar refractivity (Wildman–Crippen MR) is 73.8 cm³/mol. The summed E-state index contributed by atoms with van der Waals surface area (Å²) in [6.07, 6.45) is -12.0. The van der Waals surface area contributed by atoms with E-state index in [-0.39, 0.29) is 16.3 Å². The highest BCUT2D eigenvalue weighted by Gasteiger charge is 2.66. The monoisotopic (exact) mass is 368 g/mol. The number of amides is 1. The van der Waals surface area contributed by atoms with E-state index in [1.807, 2.05) is 0 Å². The number of alkyl halides is 5. The second kappa shape index (κ2) is 5.92. The molecule has 0 fully saturated rings. The largest absolute Gasteiger partial charge is 0.527 e. The minimum Gasteiger partial charge on any atom is -0.507 e. The van der Waals surface area contributed by atoms with Crippen LogP contribution in [-0.4, -0.2) is 45.0 Å². The summed E-state index contributed by atoms with van der Waals surface area (Å²) >= 11 is 0. The molecule has 11 heteroatoms. The molecule has 1 atom stereocenters. The van der Waals surface area contributed by atoms with Crippen molar-refractivity contribution in [3.8, 4) is 5.75 Å². The Bertz CT molecular complexity index is 734. The van der Waals surface area contributed by atoms with Crippen molar-refractivity contribution in [3.05, 3.63) is 29.3 Å². The SMILES string of the molecule is CC1=NN(C(=O)c2cccc(C)c2O)C(O)(C(F)(F)OC(F)(F)F)C1. The summed E-state index contributed by atoms with van der Waals surface area (Å²) in [4.78, 5) is 12.4. The maximum absolute atomic E-state index is 14.0. The van der Waals surface area contributed by atoms with Crippen LogP contribution in [0.3, 0.4) is 0 Å². The maximum Gasteiger partial charge on any atom is 0.527 e. The van der Waals surface area contributed by atoms with Gasteiger partial charge in [-0.15, -0.1) is 13.2 Å². The van der Waals surface area contributed by atoms with Gasteiger partial charge in [0, 0.05) is 12.1 Å². The zero-order valence-electron chi connectivity index (χ0n) is 12.9. The summed E-state index contributed by atoms with van der Waals surface area (Å²) < 4.78 is 67.4. The Balaban J connectivity index is 2.47. The molecule has 1 aromatic rings. The molecule has 25 heavy (non-hydrogen) atoms. The third kappa shape index (κ3) is 3.42. The molecule has 0 spiro atoms. The lowest BCUT2D eigenvalue weighted by Gasteiger charge is -2.36. The van der Waals surface area contributed by atoms with Crippen molar-refractivity contribution in [2.45, 2.75) is 38.5 Å². The van der Waals surface area contributed by atoms with Gasteiger partial charge in [-0.2, -0.15) is 18.9 Å². The number of phenolic OH excluding ortho intramolecular Hbond substituents is 1. The van der Waals surface area contributed by atoms with Crippen LogP contribution in [0.25, 0.3) is 0 Å². The molecule has 2 N–H and O–H groups in total. The Morgan fingerprint density at radius 3 is 2.44 bits per heavy atom. The third-order valence-corrected chi connectivity index (χ3v) is 3.49. The second-order valence-corrected chi connectivity index (χ2v) is 5.48. The van der Waals surface area contributed by atoms with Crippen molar-refractivity contribution in [2.75, 3.05) is 0 Å². The highest BCUT2D eigenvalue weighted by molar-refractivity contribution is 6.00. The number of benzene rings is 1. The van der Waals surface area contributed by atoms with Crippen LogP contribution in [0.5, 0.6) is 5.75 Å². The molecule has 0 bridgehead atoms. The second-order valence-electron chi connectivity index (χ2n) is 5.48. The first-order chi connectivity index (χ1) is 11.3. The summed E-state index contributed by atoms with van der Waals surface area (Å²) in [7, 11) is 0. The molecule has 1 amide bonds. The van der Waals surface area contributed by atoms with Gasteiger partial charge < -0.3 is 10.2 Å². The van der Waals surface area contributed by atoms with Crippen LogP contribution in [0.2, 0.25) is 0 Å². The number of carbonyl (C=O) groups excluding carboxylic acids is 1. The van der Waals surface area contributed by atoms with Crippen LogP contribution >= 0.6 is 0 Å². The van der Waals surface area contributed by atoms with Gasteiger partial charge in [-0.05, 0) is 25.5 Å². The maximum atomic E-state index is 14.0. The molecule has 0 radical (unpaired) electrons. The lowest BCUT2D eigenvalue weighted by Crippen LogP contribution is -2.61. The van der Waals surface area contributed by atoms with Crippen molar-refractivity contribution >= 4 is 11.6 Å². The average Bonchev–Trinajstić information content (AvgIpc) is 2.75. The first kappa shape index (κ1) is 19.1. The van der Waals surface area contributed by atoms with E-state index in [0.717, 1.165) is 13.0 Å². The predicted octanol–water partition coefficient (Wildman–Crippen LogP) is 2.74. The molecule has 1 unspecified atom stereocenters. The first-order valence-electron chi connectivity index (χ1n) is 6.83. The van der Waals surface area contributed by atoms with Crippen molar-refractivity contribution in [2.24, 2.45) is 5.10 Å². The van der Waals surface area contributed by atoms with E-state index in [1.165, 1.54) is 19.1 Å². The van der Waals surface area contributed by atoms with Crippen LogP contribution in [-0.2, 0) is 4.74 Å². The van der Waals surface area contributed by atoms with Crippen molar-refractivity contribution in [1.82, 2.24) is 5.01 Å². The van der Waals surface area contributed by atoms with Gasteiger partial charge in [0.2, 0.25) is 0 Å². The third-order valence-electron chi connectivity index (χ3n) is 3.49. The van der Waals surface area contributed by atoms with E-state index in [4.69, 9.17) is 0 Å². The Kier molecular flexibility index (Phi) is 4.51. The van der Waals surface area contributed by atoms with Crippen LogP contribution < -0.4 is 0 Å². The van der Waals surface area contributed by atoms with Gasteiger partial charge in [0.25, 0.3) is 11.6 Å². The van der Waals surface area contributed by atoms with E-state index in [1.54, 1.807) is 0 Å². The van der Waals surface area contributed by atoms with Crippen LogP contribution in [0.15, 0.2) is 23.3 Å². The summed E-state index contributed by atoms with van der Waals surface area (Å²) in [6, 6.07) is 3.79. The van der Waals surface area contributed by atoms with Gasteiger partial charge in [0.15, 0.2) is 0 Å². The van der Waals surface area contributed by atoms with Crippen molar-refractivity contribution in [3.63, 3.8) is 0 Å². The molecule has 1 aromatic carbocycles. The number of ether oxygens (including phenoxy) is 1. The van der Waals surface area contributed by atoms with Gasteiger partial charge in [-0.25, -0.2) is 4.74 Å². The van der Waals surface area contributed by atoms with Gasteiger partial charge in [-0.3, -0.25) is 4.79 Å². The van der Waals surface area contributed by atoms with E-state index in [2.05, 4.69) is 9.84 Å². The number of para-hydroxylation sites is 1. The smallest absolute Gasteiger partial charge is 0.507 e. The van der Waals surface area contributed by atoms with Crippen molar-refractivity contribution < 1.29 is 41.7 Å². The lowest BCUT2D eigenvalue weighted by atomic mass is 10.0. The molecule has 0 aliphatic carbocycles. The van der Waals surface area contributed by atoms with Gasteiger partial charge in [-0.1, -0.05) is 12.1 Å². The highest BCUT2D eigenvalue weighted by Crippen LogP contribution is 2.44. The van der Waals surface area contributed by atoms with Crippen LogP contribution in [0.1, 0.15) is 29.3 Å². The van der Waals surface area contributed by atoms with Gasteiger partial charge >= 0.3 is 12.5 Å². The number of hydrazone groups is 1. The average molecular weight is 368 g/mol. The number of hydrogen-bond donors (Lipinski definition) is 2. The minimum atomic E-state index is -5.77. The molecule has 1 aliphatic rings. The molecule has 1 aliphatic heterocycles. The zero-order valence-corrected chi connectivity index (χ0v) is 12.9. The molecule has 2 rings (SSSR count). The molecule has 0 saturated carbocycles. The topological polar surface area (TPSA) is 82.4 Å². The summed E-state index contributed by atoms with van der Waals surface area (Å²) in [5.41, 5.74) is -4.24. The highest BCUT2D eigenvalue weighted by atomic mass is 19.4. The number of carbonyl (C=O) groups is 1. The number of aliphatic hydroxyl groups is 1. The number of nitrogens with zero attached hydrogens (tertiary/aromatic N) is 2. The fourth-order valence-corrected chi connectivity index (χ4v) is 2.33. The molecule has 0 aromatic heterocycles. The number of halogens is 5. The van der Waals surface area contributed by atoms with E-state index in [9.17, 15) is 37.0 Å². The number of hydrogen-bond acceptors (Lipinski definition) is 5. The first-order valence-corrected chi connectivity index (χ1v) is 6.83. The quantitative estimate of drug-likeness (QED) is 0.804. The summed E-state index contributed by atoms with van der Waals surface area (Å²) in [5.74, 6) is -1.99. The zero-order chi connectivity index (χ0) is 19.2. The number of rotatable bonds is 3. The Hall–Kier alpha value is -2.27. The van der Waals surface area contributed by atoms with Crippen LogP contribution in [0.4, 0.5) is 22.0 Å². The Labute approximate surface area is 138 Å². The van der Waals surface area contributed by atoms with Crippen molar-refractivity contribution in [1.29, 1.82) is 0 Å². The van der Waals surface area contributed by atoms with Crippen LogP contribution in [0, 0.1) is 6.92 Å². The molecular weight excluding hydrogens is 355 g/mol. The normalized spacial score (nSPS) is 21.4.